The van der Waals surface area contributed by atoms with E-state index < -0.39 is 0 Å². The van der Waals surface area contributed by atoms with E-state index in [1.807, 2.05) is 19.9 Å². The van der Waals surface area contributed by atoms with Crippen LogP contribution in [-0.2, 0) is 9.53 Å². The second kappa shape index (κ2) is 6.74. The molecule has 0 unspecified atom stereocenters. The fourth-order valence-corrected chi connectivity index (χ4v) is 2.94. The lowest BCUT2D eigenvalue weighted by Crippen LogP contribution is -2.16. The third-order valence-electron chi connectivity index (χ3n) is 4.31. The topological polar surface area (TPSA) is 55.4 Å². The minimum absolute atomic E-state index is 0.0287. The third kappa shape index (κ3) is 3.84. The molecule has 21 heavy (non-hydrogen) atoms. The first kappa shape index (κ1) is 15.5. The minimum Gasteiger partial charge on any atom is -0.465 e. The Morgan fingerprint density at radius 3 is 2.52 bits per heavy atom. The van der Waals surface area contributed by atoms with E-state index >= 15 is 0 Å². The van der Waals surface area contributed by atoms with E-state index in [-0.39, 0.29) is 11.9 Å². The van der Waals surface area contributed by atoms with Crippen molar-refractivity contribution < 1.29 is 14.3 Å². The van der Waals surface area contributed by atoms with Crippen molar-refractivity contribution >= 4 is 17.6 Å². The Hall–Kier alpha value is -1.84. The van der Waals surface area contributed by atoms with E-state index in [0.717, 1.165) is 24.0 Å². The molecule has 4 heteroatoms. The highest BCUT2D eigenvalue weighted by molar-refractivity contribution is 5.96. The van der Waals surface area contributed by atoms with Gasteiger partial charge in [0.15, 0.2) is 0 Å². The van der Waals surface area contributed by atoms with E-state index in [4.69, 9.17) is 4.74 Å². The van der Waals surface area contributed by atoms with Crippen LogP contribution in [0.3, 0.4) is 0 Å². The maximum atomic E-state index is 12.1. The average Bonchev–Trinajstić information content (AvgIpc) is 2.94. The molecule has 0 aromatic heterocycles. The number of carbonyl (C=O) groups excluding carboxylic acids is 2. The number of carbonyl (C=O) groups is 2. The second-order valence-electron chi connectivity index (χ2n) is 5.86. The van der Waals surface area contributed by atoms with Crippen LogP contribution in [0, 0.1) is 19.8 Å². The molecule has 114 valence electrons. The smallest absolute Gasteiger partial charge is 0.338 e. The van der Waals surface area contributed by atoms with E-state index in [9.17, 15) is 9.59 Å². The van der Waals surface area contributed by atoms with Crippen LogP contribution in [0.4, 0.5) is 5.69 Å². The molecule has 1 aliphatic rings. The Bertz CT molecular complexity index is 545. The van der Waals surface area contributed by atoms with E-state index in [2.05, 4.69) is 5.32 Å². The zero-order chi connectivity index (χ0) is 15.4. The first-order valence-corrected chi connectivity index (χ1v) is 7.50. The van der Waals surface area contributed by atoms with Gasteiger partial charge in [-0.05, 0) is 55.9 Å². The second-order valence-corrected chi connectivity index (χ2v) is 5.86. The Morgan fingerprint density at radius 2 is 1.90 bits per heavy atom. The molecule has 1 fully saturated rings. The van der Waals surface area contributed by atoms with Crippen molar-refractivity contribution in [1.82, 2.24) is 0 Å². The molecule has 0 heterocycles. The summed E-state index contributed by atoms with van der Waals surface area (Å²) < 4.78 is 4.79. The average molecular weight is 289 g/mol. The molecule has 0 aliphatic heterocycles. The number of rotatable bonds is 4. The van der Waals surface area contributed by atoms with Gasteiger partial charge in [0.25, 0.3) is 0 Å². The monoisotopic (exact) mass is 289 g/mol. The molecule has 1 N–H and O–H groups in total. The Balaban J connectivity index is 2.10. The van der Waals surface area contributed by atoms with E-state index in [1.165, 1.54) is 20.0 Å². The predicted molar refractivity (Wildman–Crippen MR) is 82.5 cm³/mol. The number of ether oxygens (including phenoxy) is 1. The minimum atomic E-state index is -0.373. The van der Waals surface area contributed by atoms with Gasteiger partial charge in [-0.2, -0.15) is 0 Å². The summed E-state index contributed by atoms with van der Waals surface area (Å²) in [6.07, 6.45) is 5.32. The summed E-state index contributed by atoms with van der Waals surface area (Å²) in [7, 11) is 1.36. The van der Waals surface area contributed by atoms with Crippen LogP contribution in [0.2, 0.25) is 0 Å². The van der Waals surface area contributed by atoms with Crippen LogP contribution in [-0.4, -0.2) is 19.0 Å². The summed E-state index contributed by atoms with van der Waals surface area (Å²) >= 11 is 0. The molecule has 0 bridgehead atoms. The van der Waals surface area contributed by atoms with Gasteiger partial charge in [0.05, 0.1) is 12.7 Å². The number of methoxy groups -OCH3 is 1. The first-order valence-electron chi connectivity index (χ1n) is 7.50. The van der Waals surface area contributed by atoms with Crippen LogP contribution in [0.1, 0.15) is 53.6 Å². The van der Waals surface area contributed by atoms with Crippen LogP contribution < -0.4 is 5.32 Å². The summed E-state index contributed by atoms with van der Waals surface area (Å²) in [5, 5.41) is 2.91. The predicted octanol–water partition coefficient (Wildman–Crippen LogP) is 3.61. The number of nitrogens with one attached hydrogen (secondary N) is 1. The van der Waals surface area contributed by atoms with Gasteiger partial charge in [-0.25, -0.2) is 4.79 Å². The van der Waals surface area contributed by atoms with Gasteiger partial charge in [0, 0.05) is 12.1 Å². The lowest BCUT2D eigenvalue weighted by molar-refractivity contribution is -0.117. The number of aryl methyl sites for hydroxylation is 1. The lowest BCUT2D eigenvalue weighted by atomic mass is 10.0. The Kier molecular flexibility index (Phi) is 4.99. The number of anilines is 1. The zero-order valence-corrected chi connectivity index (χ0v) is 13.0. The number of esters is 1. The Morgan fingerprint density at radius 1 is 1.24 bits per heavy atom. The highest BCUT2D eigenvalue weighted by Crippen LogP contribution is 2.28. The van der Waals surface area contributed by atoms with Crippen molar-refractivity contribution in [1.29, 1.82) is 0 Å². The molecule has 4 nitrogen and oxygen atoms in total. The number of amides is 1. The molecule has 1 amide bonds. The summed E-state index contributed by atoms with van der Waals surface area (Å²) in [5.74, 6) is 0.167. The molecule has 0 radical (unpaired) electrons. The molecule has 1 aromatic carbocycles. The summed E-state index contributed by atoms with van der Waals surface area (Å²) in [4.78, 5) is 23.9. The first-order chi connectivity index (χ1) is 10.0. The zero-order valence-electron chi connectivity index (χ0n) is 13.0. The molecule has 1 aromatic rings. The van der Waals surface area contributed by atoms with Gasteiger partial charge in [-0.1, -0.05) is 12.8 Å². The number of hydrogen-bond acceptors (Lipinski definition) is 3. The Labute approximate surface area is 125 Å². The van der Waals surface area contributed by atoms with Crippen molar-refractivity contribution in [2.75, 3.05) is 12.4 Å². The molecular weight excluding hydrogens is 266 g/mol. The molecule has 0 spiro atoms. The summed E-state index contributed by atoms with van der Waals surface area (Å²) in [6, 6.07) is 3.59. The highest BCUT2D eigenvalue weighted by atomic mass is 16.5. The van der Waals surface area contributed by atoms with Crippen molar-refractivity contribution in [2.24, 2.45) is 5.92 Å². The van der Waals surface area contributed by atoms with Crippen LogP contribution in [0.25, 0.3) is 0 Å². The van der Waals surface area contributed by atoms with Crippen molar-refractivity contribution in [3.8, 4) is 0 Å². The van der Waals surface area contributed by atoms with E-state index in [0.29, 0.717) is 23.6 Å². The molecular formula is C17H23NO3. The van der Waals surface area contributed by atoms with Gasteiger partial charge in [-0.3, -0.25) is 4.79 Å². The maximum Gasteiger partial charge on any atom is 0.338 e. The van der Waals surface area contributed by atoms with Gasteiger partial charge in [0.1, 0.15) is 0 Å². The molecule has 2 rings (SSSR count). The normalized spacial score (nSPS) is 15.0. The van der Waals surface area contributed by atoms with Gasteiger partial charge in [-0.15, -0.1) is 0 Å². The maximum absolute atomic E-state index is 12.1. The molecule has 0 atom stereocenters. The van der Waals surface area contributed by atoms with Crippen molar-refractivity contribution in [2.45, 2.75) is 46.0 Å². The molecule has 0 saturated heterocycles. The van der Waals surface area contributed by atoms with Crippen LogP contribution in [0.5, 0.6) is 0 Å². The molecule has 1 saturated carbocycles. The fraction of sp³-hybridized carbons (Fsp3) is 0.529. The molecule has 1 aliphatic carbocycles. The van der Waals surface area contributed by atoms with Crippen LogP contribution in [0.15, 0.2) is 12.1 Å². The fourth-order valence-electron chi connectivity index (χ4n) is 2.94. The highest BCUT2D eigenvalue weighted by Gasteiger charge is 2.19. The largest absolute Gasteiger partial charge is 0.465 e. The third-order valence-corrected chi connectivity index (χ3v) is 4.31. The summed E-state index contributed by atoms with van der Waals surface area (Å²) in [6.45, 7) is 3.81. The summed E-state index contributed by atoms with van der Waals surface area (Å²) in [5.41, 5.74) is 3.03. The standard InChI is InChI=1S/C17H23NO3/c1-11-8-14(10-15(12(11)2)17(20)21-3)18-16(19)9-13-6-4-5-7-13/h8,10,13H,4-7,9H2,1-3H3,(H,18,19). The quantitative estimate of drug-likeness (QED) is 0.861. The number of benzene rings is 1. The van der Waals surface area contributed by atoms with Crippen molar-refractivity contribution in [3.05, 3.63) is 28.8 Å². The lowest BCUT2D eigenvalue weighted by Gasteiger charge is -2.13. The van der Waals surface area contributed by atoms with E-state index in [1.54, 1.807) is 6.07 Å². The van der Waals surface area contributed by atoms with Crippen LogP contribution >= 0.6 is 0 Å². The van der Waals surface area contributed by atoms with Gasteiger partial charge >= 0.3 is 5.97 Å². The van der Waals surface area contributed by atoms with Gasteiger partial charge in [0.2, 0.25) is 5.91 Å². The SMILES string of the molecule is COC(=O)c1cc(NC(=O)CC2CCCC2)cc(C)c1C. The number of hydrogen-bond donors (Lipinski definition) is 1. The van der Waals surface area contributed by atoms with Gasteiger partial charge < -0.3 is 10.1 Å². The van der Waals surface area contributed by atoms with Crippen molar-refractivity contribution in [3.63, 3.8) is 0 Å².